The predicted molar refractivity (Wildman–Crippen MR) is 91.1 cm³/mol. The van der Waals surface area contributed by atoms with E-state index < -0.39 is 0 Å². The van der Waals surface area contributed by atoms with Crippen LogP contribution in [0.15, 0.2) is 0 Å². The van der Waals surface area contributed by atoms with Crippen LogP contribution >= 0.6 is 12.4 Å². The van der Waals surface area contributed by atoms with E-state index in [1.165, 1.54) is 38.5 Å². The molecule has 4 heteroatoms. The minimum absolute atomic E-state index is 0. The van der Waals surface area contributed by atoms with Crippen molar-refractivity contribution in [3.8, 4) is 0 Å². The molecular weight excluding hydrogens is 296 g/mol. The summed E-state index contributed by atoms with van der Waals surface area (Å²) in [6, 6.07) is 0.396. The lowest BCUT2D eigenvalue weighted by atomic mass is 9.49. The molecule has 1 saturated heterocycles. The molecule has 5 aliphatic rings. The molecule has 4 bridgehead atoms. The highest BCUT2D eigenvalue weighted by Gasteiger charge is 2.51. The molecule has 22 heavy (non-hydrogen) atoms. The molecule has 2 N–H and O–H groups in total. The van der Waals surface area contributed by atoms with Crippen LogP contribution in [0.4, 0.5) is 0 Å². The quantitative estimate of drug-likeness (QED) is 0.836. The monoisotopic (exact) mass is 326 g/mol. The van der Waals surface area contributed by atoms with Gasteiger partial charge in [-0.15, -0.1) is 12.4 Å². The second-order valence-electron chi connectivity index (χ2n) is 8.74. The SMILES string of the molecule is CC1CNCCC1NC(=O)CC12CC3CC(CC(C3)C1)C2.Cl. The molecule has 2 atom stereocenters. The normalized spacial score (nSPS) is 46.1. The number of rotatable bonds is 3. The van der Waals surface area contributed by atoms with Crippen molar-refractivity contribution in [3.05, 3.63) is 0 Å². The van der Waals surface area contributed by atoms with E-state index in [4.69, 9.17) is 0 Å². The molecule has 5 fully saturated rings. The maximum absolute atomic E-state index is 12.6. The molecule has 5 rings (SSSR count). The van der Waals surface area contributed by atoms with E-state index in [1.807, 2.05) is 0 Å². The van der Waals surface area contributed by atoms with Crippen LogP contribution in [0.3, 0.4) is 0 Å². The standard InChI is InChI=1S/C18H30N2O.ClH/c1-12-11-19-3-2-16(12)20-17(21)10-18-7-13-4-14(8-18)6-15(5-13)9-18;/h12-16,19H,2-11H2,1H3,(H,20,21);1H. The lowest BCUT2D eigenvalue weighted by Gasteiger charge is -2.56. The average molecular weight is 327 g/mol. The van der Waals surface area contributed by atoms with E-state index in [0.29, 0.717) is 23.3 Å². The Morgan fingerprint density at radius 1 is 1.14 bits per heavy atom. The molecule has 2 unspecified atom stereocenters. The minimum atomic E-state index is 0. The Balaban J connectivity index is 0.00000144. The molecule has 1 heterocycles. The zero-order chi connectivity index (χ0) is 14.4. The molecular formula is C18H31ClN2O. The van der Waals surface area contributed by atoms with Gasteiger partial charge in [0.1, 0.15) is 0 Å². The van der Waals surface area contributed by atoms with Crippen LogP contribution in [0.2, 0.25) is 0 Å². The summed E-state index contributed by atoms with van der Waals surface area (Å²) in [4.78, 5) is 12.6. The van der Waals surface area contributed by atoms with E-state index in [-0.39, 0.29) is 12.4 Å². The van der Waals surface area contributed by atoms with Crippen molar-refractivity contribution in [1.29, 1.82) is 0 Å². The van der Waals surface area contributed by atoms with Gasteiger partial charge < -0.3 is 10.6 Å². The van der Waals surface area contributed by atoms with Crippen molar-refractivity contribution >= 4 is 18.3 Å². The molecule has 4 saturated carbocycles. The molecule has 1 aliphatic heterocycles. The third-order valence-electron chi connectivity index (χ3n) is 6.83. The van der Waals surface area contributed by atoms with Crippen LogP contribution < -0.4 is 10.6 Å². The summed E-state index contributed by atoms with van der Waals surface area (Å²) in [6.07, 6.45) is 10.3. The number of piperidine rings is 1. The van der Waals surface area contributed by atoms with Crippen LogP contribution in [0.1, 0.15) is 58.3 Å². The molecule has 1 amide bonds. The molecule has 0 aromatic rings. The van der Waals surface area contributed by atoms with Gasteiger partial charge in [0.2, 0.25) is 5.91 Å². The number of amides is 1. The van der Waals surface area contributed by atoms with E-state index in [1.54, 1.807) is 0 Å². The van der Waals surface area contributed by atoms with Gasteiger partial charge in [-0.05, 0) is 87.1 Å². The Morgan fingerprint density at radius 2 is 1.73 bits per heavy atom. The molecule has 0 spiro atoms. The highest BCUT2D eigenvalue weighted by Crippen LogP contribution is 2.61. The smallest absolute Gasteiger partial charge is 0.220 e. The molecule has 3 nitrogen and oxygen atoms in total. The molecule has 0 radical (unpaired) electrons. The fraction of sp³-hybridized carbons (Fsp3) is 0.944. The van der Waals surface area contributed by atoms with Gasteiger partial charge >= 0.3 is 0 Å². The van der Waals surface area contributed by atoms with E-state index >= 15 is 0 Å². The van der Waals surface area contributed by atoms with Gasteiger partial charge in [-0.2, -0.15) is 0 Å². The van der Waals surface area contributed by atoms with Crippen LogP contribution in [0.5, 0.6) is 0 Å². The zero-order valence-corrected chi connectivity index (χ0v) is 14.6. The van der Waals surface area contributed by atoms with Crippen LogP contribution in [-0.2, 0) is 4.79 Å². The average Bonchev–Trinajstić information content (AvgIpc) is 2.39. The molecule has 0 aromatic heterocycles. The van der Waals surface area contributed by atoms with Gasteiger partial charge in [0.15, 0.2) is 0 Å². The first kappa shape index (κ1) is 16.6. The van der Waals surface area contributed by atoms with Crippen molar-refractivity contribution < 1.29 is 4.79 Å². The van der Waals surface area contributed by atoms with Crippen molar-refractivity contribution in [2.45, 2.75) is 64.3 Å². The first-order valence-corrected chi connectivity index (χ1v) is 9.12. The summed E-state index contributed by atoms with van der Waals surface area (Å²) in [6.45, 7) is 4.34. The number of hydrogen-bond acceptors (Lipinski definition) is 2. The summed E-state index contributed by atoms with van der Waals surface area (Å²) in [5.41, 5.74) is 0.384. The van der Waals surface area contributed by atoms with Gasteiger partial charge in [0.05, 0.1) is 0 Å². The van der Waals surface area contributed by atoms with Gasteiger partial charge in [-0.25, -0.2) is 0 Å². The third-order valence-corrected chi connectivity index (χ3v) is 6.83. The third kappa shape index (κ3) is 3.17. The Kier molecular flexibility index (Phi) is 4.76. The maximum atomic E-state index is 12.6. The van der Waals surface area contributed by atoms with Gasteiger partial charge in [0, 0.05) is 12.5 Å². The number of halogens is 1. The van der Waals surface area contributed by atoms with Gasteiger partial charge in [-0.3, -0.25) is 4.79 Å². The first-order valence-electron chi connectivity index (χ1n) is 9.12. The topological polar surface area (TPSA) is 41.1 Å². The van der Waals surface area contributed by atoms with Crippen molar-refractivity contribution in [3.63, 3.8) is 0 Å². The van der Waals surface area contributed by atoms with Crippen molar-refractivity contribution in [1.82, 2.24) is 10.6 Å². The largest absolute Gasteiger partial charge is 0.353 e. The van der Waals surface area contributed by atoms with E-state index in [9.17, 15) is 4.79 Å². The summed E-state index contributed by atoms with van der Waals surface area (Å²) in [5.74, 6) is 3.75. The number of carbonyl (C=O) groups is 1. The lowest BCUT2D eigenvalue weighted by Crippen LogP contribution is -2.51. The minimum Gasteiger partial charge on any atom is -0.353 e. The summed E-state index contributed by atoms with van der Waals surface area (Å²) < 4.78 is 0. The summed E-state index contributed by atoms with van der Waals surface area (Å²) in [5, 5.41) is 6.78. The van der Waals surface area contributed by atoms with Crippen LogP contribution in [-0.4, -0.2) is 25.0 Å². The Hall–Kier alpha value is -0.280. The Labute approximate surface area is 140 Å². The van der Waals surface area contributed by atoms with Crippen LogP contribution in [0, 0.1) is 29.1 Å². The number of carbonyl (C=O) groups excluding carboxylic acids is 1. The van der Waals surface area contributed by atoms with Crippen molar-refractivity contribution in [2.24, 2.45) is 29.1 Å². The molecule has 0 aromatic carbocycles. The lowest BCUT2D eigenvalue weighted by molar-refractivity contribution is -0.130. The first-order chi connectivity index (χ1) is 10.1. The second-order valence-corrected chi connectivity index (χ2v) is 8.74. The van der Waals surface area contributed by atoms with E-state index in [2.05, 4.69) is 17.6 Å². The predicted octanol–water partition coefficient (Wildman–Crippen LogP) is 3.13. The number of nitrogens with one attached hydrogen (secondary N) is 2. The highest BCUT2D eigenvalue weighted by molar-refractivity contribution is 5.85. The van der Waals surface area contributed by atoms with E-state index in [0.717, 1.165) is 43.7 Å². The Morgan fingerprint density at radius 3 is 2.27 bits per heavy atom. The second kappa shape index (κ2) is 6.32. The summed E-state index contributed by atoms with van der Waals surface area (Å²) >= 11 is 0. The van der Waals surface area contributed by atoms with Gasteiger partial charge in [-0.1, -0.05) is 6.92 Å². The Bertz CT molecular complexity index is 390. The maximum Gasteiger partial charge on any atom is 0.220 e. The summed E-state index contributed by atoms with van der Waals surface area (Å²) in [7, 11) is 0. The fourth-order valence-corrected chi connectivity index (χ4v) is 6.33. The molecule has 126 valence electrons. The van der Waals surface area contributed by atoms with Crippen molar-refractivity contribution in [2.75, 3.05) is 13.1 Å². The fourth-order valence-electron chi connectivity index (χ4n) is 6.33. The molecule has 4 aliphatic carbocycles. The zero-order valence-electron chi connectivity index (χ0n) is 13.8. The highest BCUT2D eigenvalue weighted by atomic mass is 35.5. The van der Waals surface area contributed by atoms with Crippen LogP contribution in [0.25, 0.3) is 0 Å². The van der Waals surface area contributed by atoms with Gasteiger partial charge in [0.25, 0.3) is 0 Å². The number of hydrogen-bond donors (Lipinski definition) is 2.